The molecule has 6 heteroatoms. The van der Waals surface area contributed by atoms with E-state index in [1.807, 2.05) is 6.07 Å². The summed E-state index contributed by atoms with van der Waals surface area (Å²) in [7, 11) is 0. The van der Waals surface area contributed by atoms with Crippen molar-refractivity contribution in [3.05, 3.63) is 33.8 Å². The number of hydrogen-bond acceptors (Lipinski definition) is 4. The highest BCUT2D eigenvalue weighted by Crippen LogP contribution is 2.23. The molecule has 0 spiro atoms. The van der Waals surface area contributed by atoms with Crippen LogP contribution in [-0.4, -0.2) is 41.4 Å². The zero-order valence-corrected chi connectivity index (χ0v) is 12.3. The van der Waals surface area contributed by atoms with Gasteiger partial charge in [0.1, 0.15) is 0 Å². The fourth-order valence-electron chi connectivity index (χ4n) is 1.85. The molecule has 0 unspecified atom stereocenters. The predicted octanol–water partition coefficient (Wildman–Crippen LogP) is 1.69. The van der Waals surface area contributed by atoms with E-state index in [1.165, 1.54) is 0 Å². The Morgan fingerprint density at radius 1 is 1.28 bits per heavy atom. The van der Waals surface area contributed by atoms with Crippen LogP contribution in [0.2, 0.25) is 0 Å². The first kappa shape index (κ1) is 15.9. The Morgan fingerprint density at radius 3 is 2.50 bits per heavy atom. The minimum Gasteiger partial charge on any atom is -0.379 e. The summed E-state index contributed by atoms with van der Waals surface area (Å²) in [6.07, 6.45) is -1.41. The van der Waals surface area contributed by atoms with Gasteiger partial charge in [-0.25, -0.2) is 0 Å². The van der Waals surface area contributed by atoms with Gasteiger partial charge in [0.2, 0.25) is 0 Å². The highest BCUT2D eigenvalue weighted by molar-refractivity contribution is 9.10. The van der Waals surface area contributed by atoms with E-state index < -0.39 is 6.29 Å². The lowest BCUT2D eigenvalue weighted by Crippen LogP contribution is -2.35. The molecule has 0 radical (unpaired) electrons. The van der Waals surface area contributed by atoms with Crippen LogP contribution in [0, 0.1) is 0 Å². The second kappa shape index (κ2) is 7.43. The topological polar surface area (TPSA) is 52.9 Å². The molecule has 1 aliphatic heterocycles. The van der Waals surface area contributed by atoms with Gasteiger partial charge in [-0.05, 0) is 11.6 Å². The van der Waals surface area contributed by atoms with Gasteiger partial charge in [0.05, 0.1) is 13.2 Å². The highest BCUT2D eigenvalue weighted by atomic mass is 79.9. The molecule has 1 fully saturated rings. The van der Waals surface area contributed by atoms with Crippen molar-refractivity contribution < 1.29 is 14.9 Å². The molecule has 0 amide bonds. The van der Waals surface area contributed by atoms with E-state index >= 15 is 0 Å². The van der Waals surface area contributed by atoms with Crippen LogP contribution in [-0.2, 0) is 11.3 Å². The van der Waals surface area contributed by atoms with E-state index in [1.54, 1.807) is 12.1 Å². The molecule has 1 aromatic rings. The molecule has 18 heavy (non-hydrogen) atoms. The number of aliphatic hydroxyl groups is 2. The Hall–Kier alpha value is -0.170. The largest absolute Gasteiger partial charge is 0.379 e. The Bertz CT molecular complexity index is 384. The summed E-state index contributed by atoms with van der Waals surface area (Å²) in [5.41, 5.74) is 1.65. The predicted molar refractivity (Wildman–Crippen MR) is 74.7 cm³/mol. The van der Waals surface area contributed by atoms with Crippen molar-refractivity contribution in [3.63, 3.8) is 0 Å². The summed E-state index contributed by atoms with van der Waals surface area (Å²) in [6, 6.07) is 5.42. The van der Waals surface area contributed by atoms with Crippen LogP contribution in [0.4, 0.5) is 0 Å². The lowest BCUT2D eigenvalue weighted by atomic mass is 10.1. The van der Waals surface area contributed by atoms with Crippen LogP contribution in [0.25, 0.3) is 0 Å². The molecule has 0 bridgehead atoms. The molecule has 102 valence electrons. The summed E-state index contributed by atoms with van der Waals surface area (Å²) < 4.78 is 6.21. The third-order valence-electron chi connectivity index (χ3n) is 2.87. The van der Waals surface area contributed by atoms with Gasteiger partial charge in [0, 0.05) is 29.7 Å². The quantitative estimate of drug-likeness (QED) is 0.824. The van der Waals surface area contributed by atoms with Crippen molar-refractivity contribution in [2.75, 3.05) is 26.3 Å². The first-order valence-corrected chi connectivity index (χ1v) is 6.40. The first-order valence-electron chi connectivity index (χ1n) is 5.61. The summed E-state index contributed by atoms with van der Waals surface area (Å²) >= 11 is 3.46. The van der Waals surface area contributed by atoms with Gasteiger partial charge in [-0.15, -0.1) is 12.4 Å². The molecule has 0 saturated carbocycles. The molecule has 1 saturated heterocycles. The average Bonchev–Trinajstić information content (AvgIpc) is 2.33. The molecule has 0 aromatic heterocycles. The number of ether oxygens (including phenoxy) is 1. The number of aliphatic hydroxyl groups excluding tert-OH is 1. The standard InChI is InChI=1S/C12H16BrNO3.ClH/c13-11-7-9(12(15)16)1-2-10(11)8-14-3-5-17-6-4-14;/h1-2,7,12,15-16H,3-6,8H2;1H. The lowest BCUT2D eigenvalue weighted by molar-refractivity contribution is -0.0425. The maximum atomic E-state index is 9.07. The van der Waals surface area contributed by atoms with Crippen LogP contribution in [0.15, 0.2) is 22.7 Å². The molecule has 0 aliphatic carbocycles. The third-order valence-corrected chi connectivity index (χ3v) is 3.61. The van der Waals surface area contributed by atoms with Gasteiger partial charge in [0.15, 0.2) is 6.29 Å². The summed E-state index contributed by atoms with van der Waals surface area (Å²) in [6.45, 7) is 4.30. The molecule has 0 atom stereocenters. The van der Waals surface area contributed by atoms with Gasteiger partial charge in [0.25, 0.3) is 0 Å². The van der Waals surface area contributed by atoms with Gasteiger partial charge in [-0.2, -0.15) is 0 Å². The molecular weight excluding hydrogens is 321 g/mol. The number of nitrogens with zero attached hydrogens (tertiary/aromatic N) is 1. The van der Waals surface area contributed by atoms with Crippen molar-refractivity contribution >= 4 is 28.3 Å². The second-order valence-electron chi connectivity index (χ2n) is 4.11. The van der Waals surface area contributed by atoms with Gasteiger partial charge in [-0.1, -0.05) is 28.1 Å². The van der Waals surface area contributed by atoms with Crippen molar-refractivity contribution in [3.8, 4) is 0 Å². The third kappa shape index (κ3) is 4.19. The smallest absolute Gasteiger partial charge is 0.178 e. The van der Waals surface area contributed by atoms with Gasteiger partial charge < -0.3 is 14.9 Å². The van der Waals surface area contributed by atoms with Gasteiger partial charge in [-0.3, -0.25) is 4.90 Å². The van der Waals surface area contributed by atoms with Crippen LogP contribution >= 0.6 is 28.3 Å². The van der Waals surface area contributed by atoms with Crippen molar-refractivity contribution in [1.29, 1.82) is 0 Å². The second-order valence-corrected chi connectivity index (χ2v) is 4.97. The van der Waals surface area contributed by atoms with E-state index in [0.717, 1.165) is 42.9 Å². The number of morpholine rings is 1. The van der Waals surface area contributed by atoms with Crippen LogP contribution in [0.3, 0.4) is 0 Å². The van der Waals surface area contributed by atoms with Crippen LogP contribution in [0.1, 0.15) is 17.4 Å². The maximum Gasteiger partial charge on any atom is 0.178 e. The molecule has 1 heterocycles. The SMILES string of the molecule is Cl.OC(O)c1ccc(CN2CCOCC2)c(Br)c1. The molecule has 4 nitrogen and oxygen atoms in total. The fourth-order valence-corrected chi connectivity index (χ4v) is 2.37. The summed E-state index contributed by atoms with van der Waals surface area (Å²) in [4.78, 5) is 2.32. The zero-order chi connectivity index (χ0) is 12.3. The normalized spacial score (nSPS) is 16.7. The van der Waals surface area contributed by atoms with E-state index in [2.05, 4.69) is 20.8 Å². The van der Waals surface area contributed by atoms with Gasteiger partial charge >= 0.3 is 0 Å². The zero-order valence-electron chi connectivity index (χ0n) is 9.88. The van der Waals surface area contributed by atoms with E-state index in [4.69, 9.17) is 14.9 Å². The molecule has 2 rings (SSSR count). The van der Waals surface area contributed by atoms with E-state index in [9.17, 15) is 0 Å². The fraction of sp³-hybridized carbons (Fsp3) is 0.500. The lowest BCUT2D eigenvalue weighted by Gasteiger charge is -2.27. The van der Waals surface area contributed by atoms with Crippen LogP contribution < -0.4 is 0 Å². The number of rotatable bonds is 3. The Morgan fingerprint density at radius 2 is 1.94 bits per heavy atom. The highest BCUT2D eigenvalue weighted by Gasteiger charge is 2.13. The van der Waals surface area contributed by atoms with E-state index in [-0.39, 0.29) is 12.4 Å². The van der Waals surface area contributed by atoms with Crippen molar-refractivity contribution in [1.82, 2.24) is 4.90 Å². The number of benzene rings is 1. The Balaban J connectivity index is 0.00000162. The van der Waals surface area contributed by atoms with Crippen molar-refractivity contribution in [2.45, 2.75) is 12.8 Å². The minimum atomic E-state index is -1.41. The molecule has 2 N–H and O–H groups in total. The molecule has 1 aliphatic rings. The monoisotopic (exact) mass is 337 g/mol. The first-order chi connectivity index (χ1) is 8.16. The van der Waals surface area contributed by atoms with Crippen LogP contribution in [0.5, 0.6) is 0 Å². The summed E-state index contributed by atoms with van der Waals surface area (Å²) in [5.74, 6) is 0. The summed E-state index contributed by atoms with van der Waals surface area (Å²) in [5, 5.41) is 18.1. The number of hydrogen-bond donors (Lipinski definition) is 2. The minimum absolute atomic E-state index is 0. The average molecular weight is 339 g/mol. The van der Waals surface area contributed by atoms with Crippen molar-refractivity contribution in [2.24, 2.45) is 0 Å². The molecule has 1 aromatic carbocycles. The Kier molecular flexibility index (Phi) is 6.55. The maximum absolute atomic E-state index is 9.07. The number of halogens is 2. The van der Waals surface area contributed by atoms with E-state index in [0.29, 0.717) is 5.56 Å². The molecular formula is C12H17BrClNO3. The Labute approximate surface area is 121 Å².